The van der Waals surface area contributed by atoms with Gasteiger partial charge in [-0.3, -0.25) is 19.3 Å². The quantitative estimate of drug-likeness (QED) is 0.185. The topological polar surface area (TPSA) is 121 Å². The third-order valence-electron chi connectivity index (χ3n) is 8.00. The minimum atomic E-state index is -1.47. The summed E-state index contributed by atoms with van der Waals surface area (Å²) in [6.07, 6.45) is 9.99. The molecule has 6 rings (SSSR count). The molecule has 1 aliphatic rings. The van der Waals surface area contributed by atoms with Crippen molar-refractivity contribution in [2.24, 2.45) is 0 Å². The van der Waals surface area contributed by atoms with Crippen LogP contribution in [0.5, 0.6) is 0 Å². The van der Waals surface area contributed by atoms with Crippen molar-refractivity contribution < 1.29 is 4.55 Å². The normalized spacial score (nSPS) is 15.9. The van der Waals surface area contributed by atoms with Crippen LogP contribution >= 0.6 is 11.8 Å². The van der Waals surface area contributed by atoms with Crippen LogP contribution in [0.3, 0.4) is 0 Å². The van der Waals surface area contributed by atoms with Gasteiger partial charge in [0.15, 0.2) is 9.79 Å². The third kappa shape index (κ3) is 6.51. The fraction of sp³-hybridized carbons (Fsp3) is 0.303. The number of benzene rings is 1. The molecule has 2 unspecified atom stereocenters. The van der Waals surface area contributed by atoms with Crippen molar-refractivity contribution in [3.05, 3.63) is 107 Å². The summed E-state index contributed by atoms with van der Waals surface area (Å²) in [5.41, 5.74) is 3.97. The van der Waals surface area contributed by atoms with Gasteiger partial charge in [0.2, 0.25) is 5.95 Å². The van der Waals surface area contributed by atoms with Crippen LogP contribution in [0, 0.1) is 0 Å². The summed E-state index contributed by atoms with van der Waals surface area (Å²) >= 11 is 0.502. The van der Waals surface area contributed by atoms with Gasteiger partial charge in [0.05, 0.1) is 6.54 Å². The first-order valence-electron chi connectivity index (χ1n) is 14.9. The summed E-state index contributed by atoms with van der Waals surface area (Å²) in [5, 5.41) is 8.00. The van der Waals surface area contributed by atoms with Gasteiger partial charge in [-0.15, -0.1) is 0 Å². The van der Waals surface area contributed by atoms with Crippen molar-refractivity contribution in [2.75, 3.05) is 24.2 Å². The Hall–Kier alpha value is -3.77. The van der Waals surface area contributed by atoms with E-state index in [1.165, 1.54) is 5.56 Å². The van der Waals surface area contributed by atoms with Crippen molar-refractivity contribution in [1.29, 1.82) is 0 Å². The monoisotopic (exact) mass is 625 g/mol. The van der Waals surface area contributed by atoms with Gasteiger partial charge in [-0.2, -0.15) is 16.7 Å². The molecule has 5 aromatic rings. The summed E-state index contributed by atoms with van der Waals surface area (Å²) in [6.45, 7) is 6.38. The van der Waals surface area contributed by atoms with Crippen LogP contribution in [0.2, 0.25) is 0 Å². The van der Waals surface area contributed by atoms with Gasteiger partial charge in [0.1, 0.15) is 5.65 Å². The molecule has 1 aliphatic heterocycles. The molecular weight excluding hydrogens is 591 g/mol. The maximum atomic E-state index is 14.1. The zero-order valence-electron chi connectivity index (χ0n) is 24.8. The van der Waals surface area contributed by atoms with Gasteiger partial charge in [-0.25, -0.2) is 4.98 Å². The van der Waals surface area contributed by atoms with Crippen molar-refractivity contribution in [1.82, 2.24) is 29.8 Å². The van der Waals surface area contributed by atoms with Crippen LogP contribution in [0.15, 0.2) is 94.1 Å². The Kier molecular flexibility index (Phi) is 9.56. The molecular formula is C33H35N7O2S2. The number of nitrogens with one attached hydrogen (secondary N) is 2. The van der Waals surface area contributed by atoms with E-state index in [9.17, 15) is 9.35 Å². The predicted octanol–water partition coefficient (Wildman–Crippen LogP) is 5.82. The molecule has 2 N–H and O–H groups in total. The minimum Gasteiger partial charge on any atom is -0.606 e. The van der Waals surface area contributed by atoms with E-state index in [0.717, 1.165) is 48.3 Å². The zero-order valence-corrected chi connectivity index (χ0v) is 26.4. The summed E-state index contributed by atoms with van der Waals surface area (Å²) in [4.78, 5) is 33.2. The summed E-state index contributed by atoms with van der Waals surface area (Å²) < 4.78 is 15.3. The van der Waals surface area contributed by atoms with E-state index in [1.807, 2.05) is 30.0 Å². The molecule has 2 atom stereocenters. The lowest BCUT2D eigenvalue weighted by molar-refractivity contribution is 0.591. The largest absolute Gasteiger partial charge is 0.606 e. The Bertz CT molecular complexity index is 1770. The number of nitrogens with zero attached hydrogens (tertiary/aromatic N) is 5. The van der Waals surface area contributed by atoms with E-state index in [2.05, 4.69) is 51.6 Å². The second kappa shape index (κ2) is 13.9. The second-order valence-electron chi connectivity index (χ2n) is 10.7. The van der Waals surface area contributed by atoms with E-state index in [0.29, 0.717) is 32.2 Å². The number of fused-ring (bicyclic) bond motifs is 1. The van der Waals surface area contributed by atoms with Crippen molar-refractivity contribution >= 4 is 45.6 Å². The smallest absolute Gasteiger partial charge is 0.256 e. The summed E-state index contributed by atoms with van der Waals surface area (Å²) in [5.74, 6) is 1.61. The van der Waals surface area contributed by atoms with Crippen LogP contribution in [0.1, 0.15) is 54.5 Å². The highest BCUT2D eigenvalue weighted by Crippen LogP contribution is 2.31. The highest BCUT2D eigenvalue weighted by atomic mass is 32.2. The number of pyridine rings is 3. The Labute approximate surface area is 264 Å². The highest BCUT2D eigenvalue weighted by molar-refractivity contribution is 7.99. The first kappa shape index (κ1) is 30.3. The number of aromatic nitrogens is 5. The molecule has 0 bridgehead atoms. The van der Waals surface area contributed by atoms with Crippen molar-refractivity contribution in [3.63, 3.8) is 0 Å². The fourth-order valence-corrected chi connectivity index (χ4v) is 7.87. The lowest BCUT2D eigenvalue weighted by Crippen LogP contribution is -2.28. The van der Waals surface area contributed by atoms with Gasteiger partial charge in [0.25, 0.3) is 5.56 Å². The number of rotatable bonds is 10. The van der Waals surface area contributed by atoms with E-state index in [4.69, 9.17) is 4.98 Å². The number of anilines is 2. The fourth-order valence-electron chi connectivity index (χ4n) is 5.57. The molecule has 1 aromatic carbocycles. The van der Waals surface area contributed by atoms with E-state index in [1.54, 1.807) is 53.8 Å². The lowest BCUT2D eigenvalue weighted by Gasteiger charge is -2.22. The van der Waals surface area contributed by atoms with Crippen LogP contribution in [0.25, 0.3) is 11.0 Å². The molecule has 226 valence electrons. The van der Waals surface area contributed by atoms with Crippen LogP contribution in [-0.2, 0) is 17.7 Å². The SMILES string of the molecule is CCC(CC)c1cc2cnc(Nc3ccc(C4CNCCS4)cc3)nc2n(Cc2cnccc2[S+]([O-])c2ccncc2)c1=O. The van der Waals surface area contributed by atoms with Crippen molar-refractivity contribution in [2.45, 2.75) is 54.2 Å². The molecule has 44 heavy (non-hydrogen) atoms. The van der Waals surface area contributed by atoms with Gasteiger partial charge in [0, 0.05) is 107 Å². The Morgan fingerprint density at radius 3 is 2.57 bits per heavy atom. The zero-order chi connectivity index (χ0) is 30.5. The molecule has 0 spiro atoms. The molecule has 0 aliphatic carbocycles. The molecule has 1 fully saturated rings. The standard InChI is InChI=1S/C33H35N7O2S2/c1-3-22(4-2)28-17-24-19-37-33(38-26-7-5-23(6-8-26)29-20-36-15-16-43-29)39-31(24)40(32(28)41)21-25-18-35-14-11-30(25)44(42)27-9-12-34-13-10-27/h5-14,17-19,22,29,36H,3-4,15-16,20-21H2,1-2H3,(H,37,38,39). The molecule has 5 heterocycles. The summed E-state index contributed by atoms with van der Waals surface area (Å²) in [7, 11) is 0. The van der Waals surface area contributed by atoms with Gasteiger partial charge >= 0.3 is 0 Å². The molecule has 9 nitrogen and oxygen atoms in total. The molecule has 0 radical (unpaired) electrons. The molecule has 0 amide bonds. The maximum Gasteiger partial charge on any atom is 0.256 e. The minimum absolute atomic E-state index is 0.103. The Morgan fingerprint density at radius 2 is 1.84 bits per heavy atom. The van der Waals surface area contributed by atoms with E-state index >= 15 is 0 Å². The highest BCUT2D eigenvalue weighted by Gasteiger charge is 2.23. The second-order valence-corrected chi connectivity index (χ2v) is 13.5. The summed E-state index contributed by atoms with van der Waals surface area (Å²) in [6, 6.07) is 15.5. The first-order valence-corrected chi connectivity index (χ1v) is 17.1. The van der Waals surface area contributed by atoms with Crippen LogP contribution < -0.4 is 16.2 Å². The molecule has 4 aromatic heterocycles. The molecule has 11 heteroatoms. The van der Waals surface area contributed by atoms with Crippen LogP contribution in [0.4, 0.5) is 11.6 Å². The third-order valence-corrected chi connectivity index (χ3v) is 10.8. The maximum absolute atomic E-state index is 14.1. The Morgan fingerprint density at radius 1 is 1.07 bits per heavy atom. The number of hydrogen-bond donors (Lipinski definition) is 2. The lowest BCUT2D eigenvalue weighted by atomic mass is 9.94. The van der Waals surface area contributed by atoms with E-state index < -0.39 is 11.2 Å². The Balaban J connectivity index is 1.38. The van der Waals surface area contributed by atoms with E-state index in [-0.39, 0.29) is 18.0 Å². The predicted molar refractivity (Wildman–Crippen MR) is 177 cm³/mol. The van der Waals surface area contributed by atoms with Gasteiger partial charge in [-0.05, 0) is 42.5 Å². The molecule has 0 saturated carbocycles. The number of hydrogen-bond acceptors (Lipinski definition) is 9. The average molecular weight is 626 g/mol. The van der Waals surface area contributed by atoms with Gasteiger partial charge < -0.3 is 15.2 Å². The van der Waals surface area contributed by atoms with Crippen molar-refractivity contribution in [3.8, 4) is 0 Å². The first-order chi connectivity index (χ1) is 21.6. The van der Waals surface area contributed by atoms with Gasteiger partial charge in [-0.1, -0.05) is 26.0 Å². The molecule has 1 saturated heterocycles. The van der Waals surface area contributed by atoms with Crippen LogP contribution in [-0.4, -0.2) is 47.9 Å². The average Bonchev–Trinajstić information content (AvgIpc) is 3.08. The number of thioether (sulfide) groups is 1.